The molecule has 0 aromatic heterocycles. The van der Waals surface area contributed by atoms with Crippen molar-refractivity contribution in [2.24, 2.45) is 11.8 Å². The molecule has 1 aliphatic heterocycles. The van der Waals surface area contributed by atoms with Crippen LogP contribution in [0.25, 0.3) is 0 Å². The van der Waals surface area contributed by atoms with Crippen LogP contribution in [0.15, 0.2) is 0 Å². The Morgan fingerprint density at radius 3 is 2.53 bits per heavy atom. The van der Waals surface area contributed by atoms with Crippen molar-refractivity contribution in [3.8, 4) is 0 Å². The Morgan fingerprint density at radius 1 is 1.35 bits per heavy atom. The fourth-order valence-electron chi connectivity index (χ4n) is 2.60. The average molecular weight is 239 g/mol. The van der Waals surface area contributed by atoms with Gasteiger partial charge in [-0.25, -0.2) is 4.79 Å². The van der Waals surface area contributed by atoms with Crippen molar-refractivity contribution in [1.82, 2.24) is 4.90 Å². The van der Waals surface area contributed by atoms with Gasteiger partial charge < -0.3 is 4.74 Å². The molecule has 2 fully saturated rings. The standard InChI is InChI=1S/C13H21NO3/c1-5-10(15)11-9-6-8(9)7-14(11)12(16)17-13(2,3)4/h8-9,11H,5-7H2,1-4H3/t8-,9-,11+/m1/s1. The second-order valence-corrected chi connectivity index (χ2v) is 6.06. The van der Waals surface area contributed by atoms with Crippen molar-refractivity contribution in [2.45, 2.75) is 52.2 Å². The van der Waals surface area contributed by atoms with Gasteiger partial charge >= 0.3 is 6.09 Å². The highest BCUT2D eigenvalue weighted by atomic mass is 16.6. The van der Waals surface area contributed by atoms with Crippen molar-refractivity contribution < 1.29 is 14.3 Å². The quantitative estimate of drug-likeness (QED) is 0.742. The van der Waals surface area contributed by atoms with Gasteiger partial charge in [-0.2, -0.15) is 0 Å². The van der Waals surface area contributed by atoms with Crippen LogP contribution in [0.4, 0.5) is 4.79 Å². The molecule has 0 spiro atoms. The van der Waals surface area contributed by atoms with Crippen molar-refractivity contribution in [3.05, 3.63) is 0 Å². The van der Waals surface area contributed by atoms with Crippen LogP contribution in [-0.2, 0) is 9.53 Å². The number of ether oxygens (including phenoxy) is 1. The van der Waals surface area contributed by atoms with Gasteiger partial charge in [-0.15, -0.1) is 0 Å². The van der Waals surface area contributed by atoms with Crippen LogP contribution in [0.3, 0.4) is 0 Å². The second kappa shape index (κ2) is 4.00. The van der Waals surface area contributed by atoms with E-state index >= 15 is 0 Å². The number of ketones is 1. The van der Waals surface area contributed by atoms with E-state index in [2.05, 4.69) is 0 Å². The lowest BCUT2D eigenvalue weighted by atomic mass is 10.1. The first-order valence-corrected chi connectivity index (χ1v) is 6.36. The number of Topliss-reactive ketones (excluding diaryl/α,β-unsaturated/α-hetero) is 1. The number of carbonyl (C=O) groups excluding carboxylic acids is 2. The number of rotatable bonds is 2. The molecule has 0 radical (unpaired) electrons. The Bertz CT molecular complexity index is 345. The van der Waals surface area contributed by atoms with Crippen LogP contribution < -0.4 is 0 Å². The molecule has 1 aliphatic carbocycles. The van der Waals surface area contributed by atoms with E-state index in [1.165, 1.54) is 0 Å². The van der Waals surface area contributed by atoms with Gasteiger partial charge in [-0.05, 0) is 39.0 Å². The summed E-state index contributed by atoms with van der Waals surface area (Å²) in [6.45, 7) is 8.08. The zero-order valence-electron chi connectivity index (χ0n) is 11.0. The second-order valence-electron chi connectivity index (χ2n) is 6.06. The van der Waals surface area contributed by atoms with Gasteiger partial charge in [0.15, 0.2) is 5.78 Å². The van der Waals surface area contributed by atoms with E-state index in [1.54, 1.807) is 4.90 Å². The molecule has 17 heavy (non-hydrogen) atoms. The number of nitrogens with zero attached hydrogens (tertiary/aromatic N) is 1. The van der Waals surface area contributed by atoms with Crippen molar-refractivity contribution in [3.63, 3.8) is 0 Å². The van der Waals surface area contributed by atoms with Crippen molar-refractivity contribution >= 4 is 11.9 Å². The summed E-state index contributed by atoms with van der Waals surface area (Å²) in [5.74, 6) is 1.10. The van der Waals surface area contributed by atoms with Gasteiger partial charge in [0.1, 0.15) is 5.60 Å². The molecule has 4 nitrogen and oxygen atoms in total. The molecule has 2 aliphatic rings. The lowest BCUT2D eigenvalue weighted by molar-refractivity contribution is -0.123. The summed E-state index contributed by atoms with van der Waals surface area (Å²) in [6, 6.07) is -0.222. The summed E-state index contributed by atoms with van der Waals surface area (Å²) in [5, 5.41) is 0. The minimum Gasteiger partial charge on any atom is -0.444 e. The van der Waals surface area contributed by atoms with Gasteiger partial charge in [0.25, 0.3) is 0 Å². The zero-order valence-corrected chi connectivity index (χ0v) is 11.0. The molecule has 0 unspecified atom stereocenters. The summed E-state index contributed by atoms with van der Waals surface area (Å²) >= 11 is 0. The Labute approximate surface area is 102 Å². The summed E-state index contributed by atoms with van der Waals surface area (Å²) in [7, 11) is 0. The normalized spacial score (nSPS) is 31.1. The number of piperidine rings is 1. The molecule has 1 heterocycles. The number of amides is 1. The molecular formula is C13H21NO3. The molecule has 0 bridgehead atoms. The predicted octanol–water partition coefficient (Wildman–Crippen LogP) is 2.22. The molecule has 0 aromatic carbocycles. The Balaban J connectivity index is 2.05. The molecule has 3 atom stereocenters. The minimum absolute atomic E-state index is 0.167. The van der Waals surface area contributed by atoms with E-state index in [4.69, 9.17) is 4.74 Å². The molecule has 1 saturated heterocycles. The highest BCUT2D eigenvalue weighted by molar-refractivity contribution is 5.88. The van der Waals surface area contributed by atoms with Crippen LogP contribution in [-0.4, -0.2) is 35.0 Å². The van der Waals surface area contributed by atoms with E-state index in [9.17, 15) is 9.59 Å². The van der Waals surface area contributed by atoms with E-state index in [-0.39, 0.29) is 17.9 Å². The van der Waals surface area contributed by atoms with Crippen LogP contribution in [0.5, 0.6) is 0 Å². The number of carbonyl (C=O) groups is 2. The van der Waals surface area contributed by atoms with E-state index < -0.39 is 5.60 Å². The number of fused-ring (bicyclic) bond motifs is 1. The lowest BCUT2D eigenvalue weighted by Gasteiger charge is -2.29. The van der Waals surface area contributed by atoms with E-state index in [1.807, 2.05) is 27.7 Å². The van der Waals surface area contributed by atoms with E-state index in [0.717, 1.165) is 6.42 Å². The summed E-state index contributed by atoms with van der Waals surface area (Å²) in [5.41, 5.74) is -0.496. The Hall–Kier alpha value is -1.06. The van der Waals surface area contributed by atoms with Crippen LogP contribution in [0.2, 0.25) is 0 Å². The predicted molar refractivity (Wildman–Crippen MR) is 63.6 cm³/mol. The van der Waals surface area contributed by atoms with Crippen molar-refractivity contribution in [1.29, 1.82) is 0 Å². The number of likely N-dealkylation sites (tertiary alicyclic amines) is 1. The Kier molecular flexibility index (Phi) is 2.92. The fourth-order valence-corrected chi connectivity index (χ4v) is 2.60. The maximum absolute atomic E-state index is 12.0. The zero-order chi connectivity index (χ0) is 12.8. The maximum atomic E-state index is 12.0. The topological polar surface area (TPSA) is 46.6 Å². The van der Waals surface area contributed by atoms with Gasteiger partial charge in [-0.3, -0.25) is 9.69 Å². The fraction of sp³-hybridized carbons (Fsp3) is 0.846. The molecule has 0 N–H and O–H groups in total. The smallest absolute Gasteiger partial charge is 0.410 e. The summed E-state index contributed by atoms with van der Waals surface area (Å²) in [6.07, 6.45) is 1.25. The monoisotopic (exact) mass is 239 g/mol. The maximum Gasteiger partial charge on any atom is 0.410 e. The van der Waals surface area contributed by atoms with Gasteiger partial charge in [0, 0.05) is 13.0 Å². The largest absolute Gasteiger partial charge is 0.444 e. The first-order chi connectivity index (χ1) is 7.83. The summed E-state index contributed by atoms with van der Waals surface area (Å²) in [4.78, 5) is 25.5. The molecule has 4 heteroatoms. The molecular weight excluding hydrogens is 218 g/mol. The first kappa shape index (κ1) is 12.4. The van der Waals surface area contributed by atoms with Crippen LogP contribution in [0.1, 0.15) is 40.5 Å². The number of hydrogen-bond acceptors (Lipinski definition) is 3. The summed E-state index contributed by atoms with van der Waals surface area (Å²) < 4.78 is 5.35. The van der Waals surface area contributed by atoms with Gasteiger partial charge in [0.2, 0.25) is 0 Å². The van der Waals surface area contributed by atoms with Gasteiger partial charge in [0.05, 0.1) is 6.04 Å². The molecule has 1 amide bonds. The highest BCUT2D eigenvalue weighted by Crippen LogP contribution is 2.50. The third kappa shape index (κ3) is 2.45. The first-order valence-electron chi connectivity index (χ1n) is 6.36. The molecule has 2 rings (SSSR count). The Morgan fingerprint density at radius 2 is 2.00 bits per heavy atom. The lowest BCUT2D eigenvalue weighted by Crippen LogP contribution is -2.45. The number of hydrogen-bond donors (Lipinski definition) is 0. The van der Waals surface area contributed by atoms with E-state index in [0.29, 0.717) is 24.8 Å². The molecule has 1 saturated carbocycles. The van der Waals surface area contributed by atoms with Crippen molar-refractivity contribution in [2.75, 3.05) is 6.54 Å². The SMILES string of the molecule is CCC(=O)[C@@H]1[C@@H]2C[C@@H]2CN1C(=O)OC(C)(C)C. The molecule has 96 valence electrons. The third-order valence-electron chi connectivity index (χ3n) is 3.46. The van der Waals surface area contributed by atoms with Crippen LogP contribution in [0, 0.1) is 11.8 Å². The average Bonchev–Trinajstić information content (AvgIpc) is 2.86. The van der Waals surface area contributed by atoms with Gasteiger partial charge in [-0.1, -0.05) is 6.92 Å². The highest BCUT2D eigenvalue weighted by Gasteiger charge is 2.56. The third-order valence-corrected chi connectivity index (χ3v) is 3.46. The molecule has 0 aromatic rings. The minimum atomic E-state index is -0.496. The van der Waals surface area contributed by atoms with Crippen LogP contribution >= 0.6 is 0 Å².